The third kappa shape index (κ3) is 5.02. The highest BCUT2D eigenvalue weighted by Crippen LogP contribution is 2.35. The van der Waals surface area contributed by atoms with Crippen LogP contribution in [0.5, 0.6) is 0 Å². The van der Waals surface area contributed by atoms with Crippen molar-refractivity contribution in [1.29, 1.82) is 0 Å². The number of ether oxygens (including phenoxy) is 1. The van der Waals surface area contributed by atoms with E-state index < -0.39 is 0 Å². The number of aromatic nitrogens is 2. The van der Waals surface area contributed by atoms with Gasteiger partial charge in [-0.1, -0.05) is 13.3 Å². The fourth-order valence-corrected chi connectivity index (χ4v) is 4.50. The summed E-state index contributed by atoms with van der Waals surface area (Å²) < 4.78 is 5.17. The minimum absolute atomic E-state index is 0.0871. The van der Waals surface area contributed by atoms with E-state index in [4.69, 9.17) is 4.74 Å². The number of aryl methyl sites for hydroxylation is 1. The van der Waals surface area contributed by atoms with Crippen LogP contribution in [0.3, 0.4) is 0 Å². The van der Waals surface area contributed by atoms with Crippen LogP contribution in [-0.2, 0) is 9.53 Å². The van der Waals surface area contributed by atoms with Crippen molar-refractivity contribution in [3.63, 3.8) is 0 Å². The van der Waals surface area contributed by atoms with E-state index >= 15 is 0 Å². The molecule has 8 nitrogen and oxygen atoms in total. The molecule has 29 heavy (non-hydrogen) atoms. The summed E-state index contributed by atoms with van der Waals surface area (Å²) in [6.07, 6.45) is 3.64. The zero-order chi connectivity index (χ0) is 20.8. The number of amides is 1. The van der Waals surface area contributed by atoms with E-state index in [1.807, 2.05) is 6.92 Å². The summed E-state index contributed by atoms with van der Waals surface area (Å²) in [4.78, 5) is 38.9. The second kappa shape index (κ2) is 9.98. The van der Waals surface area contributed by atoms with Gasteiger partial charge in [0.25, 0.3) is 0 Å². The number of unbranched alkanes of at least 4 members (excludes halogenated alkanes) is 1. The third-order valence-electron chi connectivity index (χ3n) is 5.06. The summed E-state index contributed by atoms with van der Waals surface area (Å²) in [5.74, 6) is 0.633. The maximum Gasteiger partial charge on any atom is 0.348 e. The molecule has 1 N–H and O–H groups in total. The first-order valence-corrected chi connectivity index (χ1v) is 11.0. The first kappa shape index (κ1) is 21.4. The number of carbonyl (C=O) groups excluding carboxylic acids is 2. The van der Waals surface area contributed by atoms with Crippen molar-refractivity contribution in [3.05, 3.63) is 16.8 Å². The number of anilines is 1. The second-order valence-corrected chi connectivity index (χ2v) is 8.12. The van der Waals surface area contributed by atoms with Crippen LogP contribution in [0.1, 0.15) is 41.9 Å². The summed E-state index contributed by atoms with van der Waals surface area (Å²) in [5, 5.41) is 3.89. The Kier molecular flexibility index (Phi) is 7.38. The second-order valence-electron chi connectivity index (χ2n) is 7.12. The van der Waals surface area contributed by atoms with Gasteiger partial charge in [0, 0.05) is 32.7 Å². The van der Waals surface area contributed by atoms with Gasteiger partial charge in [-0.15, -0.1) is 11.3 Å². The van der Waals surface area contributed by atoms with Gasteiger partial charge in [0.2, 0.25) is 5.91 Å². The van der Waals surface area contributed by atoms with Gasteiger partial charge < -0.3 is 15.0 Å². The predicted octanol–water partition coefficient (Wildman–Crippen LogP) is 2.21. The number of fused-ring (bicyclic) bond motifs is 1. The number of nitrogens with zero attached hydrogens (tertiary/aromatic N) is 4. The van der Waals surface area contributed by atoms with Gasteiger partial charge in [-0.25, -0.2) is 14.8 Å². The number of hydrogen-bond donors (Lipinski definition) is 1. The zero-order valence-electron chi connectivity index (χ0n) is 17.4. The molecule has 158 valence electrons. The summed E-state index contributed by atoms with van der Waals surface area (Å²) in [5.41, 5.74) is 0.872. The highest BCUT2D eigenvalue weighted by Gasteiger charge is 2.25. The number of carbonyl (C=O) groups is 2. The minimum Gasteiger partial charge on any atom is -0.462 e. The van der Waals surface area contributed by atoms with Crippen molar-refractivity contribution in [2.75, 3.05) is 50.8 Å². The van der Waals surface area contributed by atoms with Crippen molar-refractivity contribution in [2.45, 2.75) is 33.6 Å². The number of esters is 1. The van der Waals surface area contributed by atoms with E-state index in [-0.39, 0.29) is 11.9 Å². The summed E-state index contributed by atoms with van der Waals surface area (Å²) in [6, 6.07) is 0. The molecule has 0 radical (unpaired) electrons. The quantitative estimate of drug-likeness (QED) is 0.518. The Hall–Kier alpha value is -2.26. The van der Waals surface area contributed by atoms with Gasteiger partial charge in [-0.3, -0.25) is 9.69 Å². The minimum atomic E-state index is -0.308. The smallest absolute Gasteiger partial charge is 0.348 e. The van der Waals surface area contributed by atoms with Crippen LogP contribution < -0.4 is 10.2 Å². The average molecular weight is 420 g/mol. The molecule has 0 spiro atoms. The van der Waals surface area contributed by atoms with Gasteiger partial charge in [0.15, 0.2) is 0 Å². The molecule has 1 fully saturated rings. The van der Waals surface area contributed by atoms with Crippen LogP contribution in [0.4, 0.5) is 5.82 Å². The molecule has 2 aromatic heterocycles. The van der Waals surface area contributed by atoms with Crippen LogP contribution in [-0.4, -0.2) is 72.6 Å². The third-order valence-corrected chi connectivity index (χ3v) is 6.24. The molecule has 1 saturated heterocycles. The Morgan fingerprint density at radius 2 is 1.97 bits per heavy atom. The number of piperazine rings is 1. The normalized spacial score (nSPS) is 14.9. The topological polar surface area (TPSA) is 87.7 Å². The van der Waals surface area contributed by atoms with Crippen molar-refractivity contribution in [1.82, 2.24) is 20.2 Å². The van der Waals surface area contributed by atoms with Crippen LogP contribution in [0.2, 0.25) is 0 Å². The maximum atomic E-state index is 12.2. The largest absolute Gasteiger partial charge is 0.462 e. The highest BCUT2D eigenvalue weighted by atomic mass is 32.1. The molecule has 3 rings (SSSR count). The van der Waals surface area contributed by atoms with E-state index in [1.54, 1.807) is 13.3 Å². The Morgan fingerprint density at radius 1 is 1.21 bits per heavy atom. The predicted molar refractivity (Wildman–Crippen MR) is 115 cm³/mol. The van der Waals surface area contributed by atoms with Crippen molar-refractivity contribution in [3.8, 4) is 0 Å². The fraction of sp³-hybridized carbons (Fsp3) is 0.600. The summed E-state index contributed by atoms with van der Waals surface area (Å²) in [6.45, 7) is 10.5. The first-order valence-electron chi connectivity index (χ1n) is 10.2. The van der Waals surface area contributed by atoms with Gasteiger partial charge >= 0.3 is 5.97 Å². The highest BCUT2D eigenvalue weighted by molar-refractivity contribution is 7.20. The lowest BCUT2D eigenvalue weighted by Gasteiger charge is -2.35. The SMILES string of the molecule is CCCCNC(=O)CN1CCN(c2ncnc3sc(C(=O)OCC)c(C)c23)CC1. The zero-order valence-corrected chi connectivity index (χ0v) is 18.2. The number of thiophene rings is 1. The van der Waals surface area contributed by atoms with E-state index in [2.05, 4.69) is 32.0 Å². The van der Waals surface area contributed by atoms with E-state index in [9.17, 15) is 9.59 Å². The van der Waals surface area contributed by atoms with Gasteiger partial charge in [-0.05, 0) is 25.8 Å². The van der Waals surface area contributed by atoms with Crippen molar-refractivity contribution >= 4 is 39.2 Å². The van der Waals surface area contributed by atoms with E-state index in [0.29, 0.717) is 18.0 Å². The van der Waals surface area contributed by atoms with E-state index in [0.717, 1.165) is 67.2 Å². The summed E-state index contributed by atoms with van der Waals surface area (Å²) >= 11 is 1.35. The van der Waals surface area contributed by atoms with Gasteiger partial charge in [0.05, 0.1) is 18.5 Å². The molecule has 1 amide bonds. The molecule has 0 atom stereocenters. The number of rotatable bonds is 8. The molecule has 9 heteroatoms. The molecular weight excluding hydrogens is 390 g/mol. The molecule has 0 bridgehead atoms. The molecule has 1 aliphatic rings. The van der Waals surface area contributed by atoms with Crippen molar-refractivity contribution < 1.29 is 14.3 Å². The standard InChI is InChI=1S/C20H29N5O3S/c1-4-6-7-21-15(26)12-24-8-10-25(11-9-24)18-16-14(3)17(20(27)28-5-2)29-19(16)23-13-22-18/h13H,4-12H2,1-3H3,(H,21,26). The fourth-order valence-electron chi connectivity index (χ4n) is 3.47. The van der Waals surface area contributed by atoms with Crippen LogP contribution in [0.15, 0.2) is 6.33 Å². The number of hydrogen-bond acceptors (Lipinski definition) is 8. The Bertz CT molecular complexity index is 861. The Balaban J connectivity index is 1.68. The van der Waals surface area contributed by atoms with E-state index in [1.165, 1.54) is 11.3 Å². The molecule has 0 saturated carbocycles. The Morgan fingerprint density at radius 3 is 2.66 bits per heavy atom. The number of nitrogens with one attached hydrogen (secondary N) is 1. The maximum absolute atomic E-state index is 12.2. The molecule has 1 aliphatic heterocycles. The molecule has 0 unspecified atom stereocenters. The van der Waals surface area contributed by atoms with Gasteiger partial charge in [-0.2, -0.15) is 0 Å². The lowest BCUT2D eigenvalue weighted by atomic mass is 10.2. The van der Waals surface area contributed by atoms with Crippen molar-refractivity contribution in [2.24, 2.45) is 0 Å². The lowest BCUT2D eigenvalue weighted by molar-refractivity contribution is -0.122. The lowest BCUT2D eigenvalue weighted by Crippen LogP contribution is -2.49. The first-order chi connectivity index (χ1) is 14.0. The van der Waals surface area contributed by atoms with Crippen LogP contribution in [0, 0.1) is 6.92 Å². The summed E-state index contributed by atoms with van der Waals surface area (Å²) in [7, 11) is 0. The van der Waals surface area contributed by atoms with Crippen LogP contribution >= 0.6 is 11.3 Å². The van der Waals surface area contributed by atoms with Gasteiger partial charge in [0.1, 0.15) is 21.9 Å². The molecule has 2 aromatic rings. The average Bonchev–Trinajstić information content (AvgIpc) is 3.06. The van der Waals surface area contributed by atoms with Crippen LogP contribution in [0.25, 0.3) is 10.2 Å². The monoisotopic (exact) mass is 419 g/mol. The molecule has 3 heterocycles. The Labute approximate surface area is 175 Å². The molecule has 0 aliphatic carbocycles. The molecular formula is C20H29N5O3S. The molecule has 0 aromatic carbocycles.